The van der Waals surface area contributed by atoms with E-state index in [9.17, 15) is 14.3 Å². The summed E-state index contributed by atoms with van der Waals surface area (Å²) in [4.78, 5) is 31.7. The lowest BCUT2D eigenvalue weighted by Crippen LogP contribution is -2.62. The summed E-state index contributed by atoms with van der Waals surface area (Å²) in [6.45, 7) is 2.43. The fourth-order valence-electron chi connectivity index (χ4n) is 7.02. The Kier molecular flexibility index (Phi) is 4.73. The Morgan fingerprint density at radius 1 is 1.29 bits per heavy atom. The minimum atomic E-state index is -0.903. The molecule has 0 radical (unpaired) electrons. The van der Waals surface area contributed by atoms with Crippen molar-refractivity contribution in [2.45, 2.75) is 61.9 Å². The summed E-state index contributed by atoms with van der Waals surface area (Å²) >= 11 is 6.29. The van der Waals surface area contributed by atoms with Gasteiger partial charge in [0, 0.05) is 25.6 Å². The molecule has 35 heavy (non-hydrogen) atoms. The van der Waals surface area contributed by atoms with Crippen LogP contribution in [0.25, 0.3) is 10.9 Å². The average Bonchev–Trinajstić information content (AvgIpc) is 3.41. The number of hydrogen-bond donors (Lipinski definition) is 1. The van der Waals surface area contributed by atoms with Gasteiger partial charge in [0.05, 0.1) is 29.2 Å². The number of pyridine rings is 1. The smallest absolute Gasteiger partial charge is 0.407 e. The molecule has 0 aromatic carbocycles. The summed E-state index contributed by atoms with van der Waals surface area (Å²) in [5.41, 5.74) is 0.245. The van der Waals surface area contributed by atoms with Crippen LogP contribution in [0.2, 0.25) is 5.15 Å². The van der Waals surface area contributed by atoms with Crippen LogP contribution in [0.15, 0.2) is 6.07 Å². The summed E-state index contributed by atoms with van der Waals surface area (Å²) in [5, 5.41) is 10.7. The van der Waals surface area contributed by atoms with E-state index in [0.717, 1.165) is 32.2 Å². The number of carbonyl (C=O) groups is 1. The minimum absolute atomic E-state index is 0.115. The second kappa shape index (κ2) is 7.67. The van der Waals surface area contributed by atoms with Crippen molar-refractivity contribution in [3.8, 4) is 11.9 Å². The topological polar surface area (TPSA) is 104 Å². The Bertz CT molecular complexity index is 1220. The van der Waals surface area contributed by atoms with Crippen LogP contribution in [-0.2, 0) is 0 Å². The Labute approximate surface area is 206 Å². The normalized spacial score (nSPS) is 33.4. The van der Waals surface area contributed by atoms with Gasteiger partial charge >= 0.3 is 12.1 Å². The van der Waals surface area contributed by atoms with Gasteiger partial charge < -0.3 is 19.5 Å². The quantitative estimate of drug-likeness (QED) is 0.632. The van der Waals surface area contributed by atoms with Crippen LogP contribution in [0.5, 0.6) is 11.9 Å². The molecule has 4 fully saturated rings. The third-order valence-corrected chi connectivity index (χ3v) is 8.68. The zero-order valence-corrected chi connectivity index (χ0v) is 19.8. The molecule has 0 unspecified atom stereocenters. The summed E-state index contributed by atoms with van der Waals surface area (Å²) in [7, 11) is 0. The first-order valence-electron chi connectivity index (χ1n) is 12.2. The van der Waals surface area contributed by atoms with Crippen LogP contribution in [0.1, 0.15) is 32.1 Å². The minimum Gasteiger partial charge on any atom is -0.475 e. The van der Waals surface area contributed by atoms with Crippen LogP contribution in [-0.4, -0.2) is 98.6 Å². The first-order chi connectivity index (χ1) is 16.9. The van der Waals surface area contributed by atoms with Crippen LogP contribution < -0.4 is 14.4 Å². The highest BCUT2D eigenvalue weighted by Gasteiger charge is 2.51. The van der Waals surface area contributed by atoms with Gasteiger partial charge in [0.2, 0.25) is 5.88 Å². The third kappa shape index (κ3) is 3.23. The molecule has 5 aliphatic rings. The number of piperazine rings is 1. The van der Waals surface area contributed by atoms with Gasteiger partial charge in [-0.3, -0.25) is 9.80 Å². The van der Waals surface area contributed by atoms with E-state index in [2.05, 4.69) is 19.8 Å². The van der Waals surface area contributed by atoms with Crippen molar-refractivity contribution in [1.82, 2.24) is 24.8 Å². The van der Waals surface area contributed by atoms with Gasteiger partial charge in [-0.1, -0.05) is 11.6 Å². The molecular formula is C23H26ClFN6O4. The number of fused-ring (bicyclic) bond motifs is 6. The van der Waals surface area contributed by atoms with E-state index < -0.39 is 12.3 Å². The van der Waals surface area contributed by atoms with Crippen LogP contribution in [0.4, 0.5) is 15.0 Å². The molecular weight excluding hydrogens is 479 g/mol. The molecule has 5 aliphatic heterocycles. The van der Waals surface area contributed by atoms with E-state index in [-0.39, 0.29) is 41.4 Å². The van der Waals surface area contributed by atoms with Crippen LogP contribution >= 0.6 is 11.6 Å². The lowest BCUT2D eigenvalue weighted by atomic mass is 9.95. The maximum absolute atomic E-state index is 14.2. The number of carboxylic acid groups (broad SMARTS) is 1. The number of halogens is 2. The second-order valence-corrected chi connectivity index (χ2v) is 10.7. The highest BCUT2D eigenvalue weighted by atomic mass is 35.5. The Balaban J connectivity index is 1.28. The maximum Gasteiger partial charge on any atom is 0.407 e. The number of amides is 1. The lowest BCUT2D eigenvalue weighted by Gasteiger charge is -2.45. The largest absolute Gasteiger partial charge is 0.475 e. The monoisotopic (exact) mass is 504 g/mol. The fourth-order valence-corrected chi connectivity index (χ4v) is 7.20. The molecule has 0 aliphatic carbocycles. The summed E-state index contributed by atoms with van der Waals surface area (Å²) < 4.78 is 26.5. The average molecular weight is 505 g/mol. The van der Waals surface area contributed by atoms with Crippen LogP contribution in [0.3, 0.4) is 0 Å². The number of aromatic nitrogens is 3. The Morgan fingerprint density at radius 3 is 3.03 bits per heavy atom. The van der Waals surface area contributed by atoms with E-state index in [4.69, 9.17) is 26.1 Å². The fraction of sp³-hybridized carbons (Fsp3) is 0.652. The van der Waals surface area contributed by atoms with Crippen molar-refractivity contribution >= 4 is 34.4 Å². The third-order valence-electron chi connectivity index (χ3n) is 8.49. The molecule has 10 nitrogen and oxygen atoms in total. The molecule has 12 heteroatoms. The molecule has 7 heterocycles. The van der Waals surface area contributed by atoms with Crippen molar-refractivity contribution in [2.24, 2.45) is 0 Å². The van der Waals surface area contributed by atoms with Gasteiger partial charge in [0.1, 0.15) is 35.7 Å². The number of nitrogens with zero attached hydrogens (tertiary/aromatic N) is 6. The lowest BCUT2D eigenvalue weighted by molar-refractivity contribution is 0.0906. The molecule has 2 aromatic heterocycles. The van der Waals surface area contributed by atoms with E-state index in [0.29, 0.717) is 48.7 Å². The van der Waals surface area contributed by atoms with Gasteiger partial charge in [-0.15, -0.1) is 0 Å². The summed E-state index contributed by atoms with van der Waals surface area (Å²) in [6.07, 6.45) is 2.21. The molecule has 4 saturated heterocycles. The van der Waals surface area contributed by atoms with Crippen molar-refractivity contribution in [3.05, 3.63) is 11.2 Å². The van der Waals surface area contributed by atoms with Crippen molar-refractivity contribution in [1.29, 1.82) is 0 Å². The standard InChI is InChI=1S/C23H26ClFN6O4/c24-17-6-14-18-19(28-21(26-14)35-11-23-4-1-5-29(23)8-12(25)7-23)30-9-13-2-3-15(31(13)22(32)33)16(30)10-34-20(18)27-17/h6,12-13,15-16H,1-5,7-11H2,(H,32,33)/t12-,13-,15+,16-,23+/m1/s1. The van der Waals surface area contributed by atoms with Gasteiger partial charge in [-0.25, -0.2) is 14.2 Å². The number of hydrogen-bond acceptors (Lipinski definition) is 8. The molecule has 7 rings (SSSR count). The van der Waals surface area contributed by atoms with Crippen molar-refractivity contribution in [2.75, 3.05) is 37.7 Å². The molecule has 1 amide bonds. The molecule has 0 saturated carbocycles. The molecule has 1 N–H and O–H groups in total. The number of rotatable bonds is 3. The first kappa shape index (κ1) is 21.6. The number of anilines is 1. The number of ether oxygens (including phenoxy) is 2. The highest BCUT2D eigenvalue weighted by Crippen LogP contribution is 2.44. The van der Waals surface area contributed by atoms with Crippen molar-refractivity contribution < 1.29 is 23.8 Å². The second-order valence-electron chi connectivity index (χ2n) is 10.4. The Morgan fingerprint density at radius 2 is 2.17 bits per heavy atom. The summed E-state index contributed by atoms with van der Waals surface area (Å²) in [5.74, 6) is 0.974. The number of alkyl halides is 1. The predicted octanol–water partition coefficient (Wildman–Crippen LogP) is 2.73. The van der Waals surface area contributed by atoms with Gasteiger partial charge in [0.15, 0.2) is 0 Å². The van der Waals surface area contributed by atoms with E-state index >= 15 is 0 Å². The SMILES string of the molecule is O=C(O)N1[C@@H]2CC[C@H]1[C@H]1COc3nc(Cl)cc4nc(OC[C@@]56CCCN5C[C@H](F)C6)nc(c34)N1C2. The molecule has 2 bridgehead atoms. The maximum atomic E-state index is 14.2. The summed E-state index contributed by atoms with van der Waals surface area (Å²) in [6, 6.07) is 1.34. The van der Waals surface area contributed by atoms with Crippen molar-refractivity contribution in [3.63, 3.8) is 0 Å². The zero-order chi connectivity index (χ0) is 23.9. The van der Waals surface area contributed by atoms with Gasteiger partial charge in [-0.05, 0) is 32.2 Å². The first-order valence-corrected chi connectivity index (χ1v) is 12.6. The molecule has 0 spiro atoms. The van der Waals surface area contributed by atoms with Crippen LogP contribution in [0, 0.1) is 0 Å². The van der Waals surface area contributed by atoms with Gasteiger partial charge in [0.25, 0.3) is 0 Å². The predicted molar refractivity (Wildman–Crippen MR) is 124 cm³/mol. The molecule has 186 valence electrons. The van der Waals surface area contributed by atoms with E-state index in [1.807, 2.05) is 0 Å². The van der Waals surface area contributed by atoms with E-state index in [1.165, 1.54) is 0 Å². The van der Waals surface area contributed by atoms with Gasteiger partial charge in [-0.2, -0.15) is 9.97 Å². The van der Waals surface area contributed by atoms with E-state index in [1.54, 1.807) is 11.0 Å². The molecule has 5 atom stereocenters. The molecule has 2 aromatic rings. The Hall–Kier alpha value is -2.66. The zero-order valence-electron chi connectivity index (χ0n) is 19.1. The highest BCUT2D eigenvalue weighted by molar-refractivity contribution is 6.30.